The molecule has 52 valence electrons. The molecule has 0 radical (unpaired) electrons. The Kier molecular flexibility index (Phi) is 4.01. The summed E-state index contributed by atoms with van der Waals surface area (Å²) in [5, 5.41) is 17.2. The van der Waals surface area contributed by atoms with Crippen molar-refractivity contribution < 1.29 is 20.7 Å². The van der Waals surface area contributed by atoms with Gasteiger partial charge < -0.3 is 5.48 Å². The molecule has 0 rings (SSSR count). The Morgan fingerprint density at radius 3 is 1.38 bits per heavy atom. The smallest absolute Gasteiger partial charge is 0.146 e. The molecule has 0 amide bonds. The molecule has 0 fully saturated rings. The average molecular weight is 123 g/mol. The summed E-state index contributed by atoms with van der Waals surface area (Å²) in [6, 6.07) is -0.153. The van der Waals surface area contributed by atoms with Crippen LogP contribution in [0.3, 0.4) is 0 Å². The van der Waals surface area contributed by atoms with Crippen molar-refractivity contribution >= 4 is 0 Å². The Morgan fingerprint density at radius 1 is 1.25 bits per heavy atom. The molecular formula is C4H13NO3. The molecule has 0 saturated heterocycles. The third-order valence-electron chi connectivity index (χ3n) is 0.978. The first kappa shape index (κ1) is 10.8. The van der Waals surface area contributed by atoms with Gasteiger partial charge in [0.1, 0.15) is 13.1 Å². The minimum absolute atomic E-state index is 0. The van der Waals surface area contributed by atoms with Crippen molar-refractivity contribution in [3.63, 3.8) is 0 Å². The monoisotopic (exact) mass is 123 g/mol. The highest BCUT2D eigenvalue weighted by molar-refractivity contribution is 4.25. The van der Waals surface area contributed by atoms with E-state index in [1.807, 2.05) is 0 Å². The molecule has 0 spiro atoms. The van der Waals surface area contributed by atoms with E-state index in [0.717, 1.165) is 0 Å². The summed E-state index contributed by atoms with van der Waals surface area (Å²) in [5.74, 6) is 0. The molecule has 0 aromatic rings. The molecule has 0 unspecified atom stereocenters. The zero-order valence-electron chi connectivity index (χ0n) is 5.37. The van der Waals surface area contributed by atoms with E-state index in [-0.39, 0.29) is 11.5 Å². The fraction of sp³-hybridized carbons (Fsp3) is 1.00. The van der Waals surface area contributed by atoms with Crippen molar-refractivity contribution in [2.75, 3.05) is 7.05 Å². The fourth-order valence-electron chi connectivity index (χ4n) is 0. The normalized spacial score (nSPS) is 11.2. The Balaban J connectivity index is 0. The summed E-state index contributed by atoms with van der Waals surface area (Å²) >= 11 is 0. The lowest BCUT2D eigenvalue weighted by Gasteiger charge is -2.18. The van der Waals surface area contributed by atoms with Crippen LogP contribution < -0.4 is 0 Å². The maximum absolute atomic E-state index is 8.59. The molecule has 0 bridgehead atoms. The standard InChI is InChI=1S/C4H12NO2.H2O/c1-4(2)5(3,6)7;/h4,6-7H,1-3H3;1H2/q+1;/p-1. The zero-order valence-corrected chi connectivity index (χ0v) is 5.37. The number of rotatable bonds is 1. The maximum atomic E-state index is 8.59. The summed E-state index contributed by atoms with van der Waals surface area (Å²) in [6.45, 7) is 3.44. The Hall–Kier alpha value is -0.160. The van der Waals surface area contributed by atoms with Crippen molar-refractivity contribution in [2.45, 2.75) is 19.9 Å². The lowest BCUT2D eigenvalue weighted by atomic mass is 10.4. The van der Waals surface area contributed by atoms with Gasteiger partial charge in [0.25, 0.3) is 0 Å². The van der Waals surface area contributed by atoms with E-state index < -0.39 is 4.81 Å². The molecule has 0 aliphatic carbocycles. The highest BCUT2D eigenvalue weighted by Gasteiger charge is 2.18. The van der Waals surface area contributed by atoms with Crippen molar-refractivity contribution in [1.29, 1.82) is 0 Å². The quantitative estimate of drug-likeness (QED) is 0.392. The molecule has 0 aromatic heterocycles. The first-order valence-corrected chi connectivity index (χ1v) is 2.26. The van der Waals surface area contributed by atoms with E-state index in [1.54, 1.807) is 13.8 Å². The highest BCUT2D eigenvalue weighted by Crippen LogP contribution is 1.96. The van der Waals surface area contributed by atoms with E-state index in [4.69, 9.17) is 10.4 Å². The van der Waals surface area contributed by atoms with Crippen LogP contribution in [-0.2, 0) is 0 Å². The topological polar surface area (TPSA) is 70.5 Å². The number of hydrogen-bond donors (Lipinski definition) is 2. The van der Waals surface area contributed by atoms with Gasteiger partial charge in [0.05, 0.1) is 0 Å². The maximum Gasteiger partial charge on any atom is 0.146 e. The predicted octanol–water partition coefficient (Wildman–Crippen LogP) is 0.443. The van der Waals surface area contributed by atoms with Crippen LogP contribution in [0.1, 0.15) is 13.8 Å². The Bertz CT molecular complexity index is 56.8. The highest BCUT2D eigenvalue weighted by atomic mass is 16.8. The molecule has 0 atom stereocenters. The van der Waals surface area contributed by atoms with Gasteiger partial charge in [-0.1, -0.05) is 0 Å². The van der Waals surface area contributed by atoms with E-state index in [9.17, 15) is 0 Å². The minimum Gasteiger partial charge on any atom is -0.870 e. The molecule has 0 saturated carbocycles. The van der Waals surface area contributed by atoms with E-state index in [0.29, 0.717) is 0 Å². The molecular weight excluding hydrogens is 110 g/mol. The summed E-state index contributed by atoms with van der Waals surface area (Å²) in [4.78, 5) is -0.944. The number of nitrogens with zero attached hydrogens (tertiary/aromatic N) is 1. The van der Waals surface area contributed by atoms with Crippen LogP contribution in [0.2, 0.25) is 0 Å². The third-order valence-corrected chi connectivity index (χ3v) is 0.978. The second-order valence-corrected chi connectivity index (χ2v) is 2.07. The molecule has 8 heavy (non-hydrogen) atoms. The SMILES string of the molecule is CC(C)[N+](C)(O)O.[OH-]. The van der Waals surface area contributed by atoms with E-state index in [1.165, 1.54) is 7.05 Å². The Labute approximate surface area is 48.8 Å². The van der Waals surface area contributed by atoms with Gasteiger partial charge in [0, 0.05) is 0 Å². The molecule has 4 nitrogen and oxygen atoms in total. The van der Waals surface area contributed by atoms with Gasteiger partial charge in [-0.2, -0.15) is 10.4 Å². The number of quaternary nitrogens is 1. The summed E-state index contributed by atoms with van der Waals surface area (Å²) in [5.41, 5.74) is 0. The molecule has 3 N–H and O–H groups in total. The molecule has 0 aliphatic heterocycles. The number of hydrogen-bond acceptors (Lipinski definition) is 3. The summed E-state index contributed by atoms with van der Waals surface area (Å²) in [6.07, 6.45) is 0. The molecule has 4 heteroatoms. The van der Waals surface area contributed by atoms with Crippen LogP contribution in [0.25, 0.3) is 0 Å². The van der Waals surface area contributed by atoms with Crippen LogP contribution in [-0.4, -0.2) is 33.8 Å². The van der Waals surface area contributed by atoms with Crippen molar-refractivity contribution in [1.82, 2.24) is 0 Å². The lowest BCUT2D eigenvalue weighted by Crippen LogP contribution is -2.42. The van der Waals surface area contributed by atoms with Gasteiger partial charge >= 0.3 is 0 Å². The van der Waals surface area contributed by atoms with Crippen LogP contribution >= 0.6 is 0 Å². The zero-order chi connectivity index (χ0) is 6.08. The fourth-order valence-corrected chi connectivity index (χ4v) is 0. The van der Waals surface area contributed by atoms with Crippen LogP contribution in [0.15, 0.2) is 0 Å². The van der Waals surface area contributed by atoms with Gasteiger partial charge in [-0.15, -0.1) is 0 Å². The summed E-state index contributed by atoms with van der Waals surface area (Å²) in [7, 11) is 1.31. The minimum atomic E-state index is -0.944. The average Bonchev–Trinajstić information content (AvgIpc) is 1.31. The van der Waals surface area contributed by atoms with E-state index in [2.05, 4.69) is 0 Å². The Morgan fingerprint density at radius 2 is 1.38 bits per heavy atom. The van der Waals surface area contributed by atoms with Gasteiger partial charge in [0.15, 0.2) is 0 Å². The molecule has 0 aromatic carbocycles. The number of hydroxylamine groups is 4. The van der Waals surface area contributed by atoms with Crippen molar-refractivity contribution in [3.05, 3.63) is 0 Å². The van der Waals surface area contributed by atoms with Crippen LogP contribution in [0.5, 0.6) is 0 Å². The van der Waals surface area contributed by atoms with Gasteiger partial charge in [-0.3, -0.25) is 0 Å². The largest absolute Gasteiger partial charge is 0.870 e. The van der Waals surface area contributed by atoms with Gasteiger partial charge in [-0.05, 0) is 18.7 Å². The first-order chi connectivity index (χ1) is 2.94. The third kappa shape index (κ3) is 4.01. The van der Waals surface area contributed by atoms with Crippen molar-refractivity contribution in [2.24, 2.45) is 0 Å². The molecule has 0 aliphatic rings. The predicted molar refractivity (Wildman–Crippen MR) is 26.8 cm³/mol. The summed E-state index contributed by atoms with van der Waals surface area (Å²) < 4.78 is 0. The van der Waals surface area contributed by atoms with Gasteiger partial charge in [0.2, 0.25) is 0 Å². The van der Waals surface area contributed by atoms with Crippen LogP contribution in [0, 0.1) is 0 Å². The second kappa shape index (κ2) is 2.99. The second-order valence-electron chi connectivity index (χ2n) is 2.07. The molecule has 0 heterocycles. The van der Waals surface area contributed by atoms with Gasteiger partial charge in [-0.25, -0.2) is 0 Å². The first-order valence-electron chi connectivity index (χ1n) is 2.26. The van der Waals surface area contributed by atoms with Crippen LogP contribution in [0.4, 0.5) is 0 Å². The van der Waals surface area contributed by atoms with E-state index >= 15 is 0 Å². The van der Waals surface area contributed by atoms with Crippen molar-refractivity contribution in [3.8, 4) is 0 Å². The lowest BCUT2D eigenvalue weighted by molar-refractivity contribution is -1.25.